The number of rotatable bonds is 0. The molecule has 0 saturated heterocycles. The van der Waals surface area contributed by atoms with Crippen molar-refractivity contribution >= 4 is 0 Å². The lowest BCUT2D eigenvalue weighted by molar-refractivity contribution is 1.55. The molecule has 1 rings (SSSR count). The Bertz CT molecular complexity index is 186. The number of hydrogen-bond donors (Lipinski definition) is 0. The highest BCUT2D eigenvalue weighted by Crippen LogP contribution is 1.79. The van der Waals surface area contributed by atoms with Crippen LogP contribution in [0.3, 0.4) is 0 Å². The van der Waals surface area contributed by atoms with Gasteiger partial charge in [0.25, 0.3) is 0 Å². The van der Waals surface area contributed by atoms with Gasteiger partial charge in [0.1, 0.15) is 0 Å². The van der Waals surface area contributed by atoms with Crippen LogP contribution in [0, 0.1) is 23.7 Å². The number of hydrogen-bond acceptors (Lipinski definition) is 1. The van der Waals surface area contributed by atoms with Gasteiger partial charge in [0, 0.05) is 5.92 Å². The van der Waals surface area contributed by atoms with Crippen LogP contribution in [0.25, 0.3) is 0 Å². The molecule has 1 nitrogen and oxygen atoms in total. The molecule has 0 fully saturated rings. The molecule has 0 radical (unpaired) electrons. The maximum Gasteiger partial charge on any atom is 0.152 e. The predicted molar refractivity (Wildman–Crippen MR) is 40.9 cm³/mol. The highest BCUT2D eigenvalue weighted by Gasteiger charge is 1.57. The third kappa shape index (κ3) is 6.27. The molecule has 0 aromatic heterocycles. The molecular weight excluding hydrogens is 122 g/mol. The zero-order valence-electron chi connectivity index (χ0n) is 5.49. The van der Waals surface area contributed by atoms with Crippen LogP contribution in [-0.2, 0) is 0 Å². The van der Waals surface area contributed by atoms with Crippen molar-refractivity contribution in [3.05, 3.63) is 36.4 Å². The van der Waals surface area contributed by atoms with Gasteiger partial charge in [-0.05, 0) is 0 Å². The van der Waals surface area contributed by atoms with E-state index < -0.39 is 0 Å². The summed E-state index contributed by atoms with van der Waals surface area (Å²) in [4.78, 5) is 0. The second-order valence-electron chi connectivity index (χ2n) is 1.41. The van der Waals surface area contributed by atoms with Crippen molar-refractivity contribution in [3.63, 3.8) is 0 Å². The molecule has 0 spiro atoms. The van der Waals surface area contributed by atoms with Crippen LogP contribution in [0.1, 0.15) is 0 Å². The average molecular weight is 129 g/mol. The van der Waals surface area contributed by atoms with Crippen LogP contribution >= 0.6 is 0 Å². The van der Waals surface area contributed by atoms with Gasteiger partial charge < -0.3 is 0 Å². The summed E-state index contributed by atoms with van der Waals surface area (Å²) < 4.78 is 0. The van der Waals surface area contributed by atoms with Crippen LogP contribution < -0.4 is 0 Å². The summed E-state index contributed by atoms with van der Waals surface area (Å²) in [5, 5.41) is 7.39. The maximum absolute atomic E-state index is 7.39. The van der Waals surface area contributed by atoms with E-state index in [0.29, 0.717) is 0 Å². The Morgan fingerprint density at radius 1 is 0.900 bits per heavy atom. The van der Waals surface area contributed by atoms with E-state index in [4.69, 9.17) is 5.26 Å². The Balaban J connectivity index is 0.000000180. The second-order valence-corrected chi connectivity index (χ2v) is 1.41. The molecule has 0 aliphatic carbocycles. The zero-order valence-corrected chi connectivity index (χ0v) is 5.49. The SMILES string of the molecule is C#CC#N.c1ccccc1. The van der Waals surface area contributed by atoms with Crippen LogP contribution in [0.2, 0.25) is 0 Å². The third-order valence-electron chi connectivity index (χ3n) is 0.731. The molecule has 0 aliphatic rings. The molecule has 0 unspecified atom stereocenters. The Hall–Kier alpha value is -1.73. The van der Waals surface area contributed by atoms with Gasteiger partial charge in [-0.2, -0.15) is 5.26 Å². The minimum absolute atomic E-state index is 1.46. The first kappa shape index (κ1) is 8.27. The van der Waals surface area contributed by atoms with E-state index in [9.17, 15) is 0 Å². The van der Waals surface area contributed by atoms with E-state index in [1.54, 1.807) is 5.92 Å². The Kier molecular flexibility index (Phi) is 6.01. The van der Waals surface area contributed by atoms with E-state index in [-0.39, 0.29) is 0 Å². The second kappa shape index (κ2) is 7.27. The smallest absolute Gasteiger partial charge is 0.152 e. The molecular formula is C9H7N. The van der Waals surface area contributed by atoms with Gasteiger partial charge >= 0.3 is 0 Å². The summed E-state index contributed by atoms with van der Waals surface area (Å²) in [6.07, 6.45) is 4.42. The monoisotopic (exact) mass is 129 g/mol. The molecule has 0 aliphatic heterocycles. The number of terminal acetylenes is 1. The fourth-order valence-corrected chi connectivity index (χ4v) is 0.385. The van der Waals surface area contributed by atoms with Gasteiger partial charge in [0.2, 0.25) is 0 Å². The van der Waals surface area contributed by atoms with Gasteiger partial charge in [0.15, 0.2) is 6.07 Å². The highest BCUT2D eigenvalue weighted by atomic mass is 14.2. The van der Waals surface area contributed by atoms with E-state index in [1.807, 2.05) is 36.4 Å². The largest absolute Gasteiger partial charge is 0.183 e. The number of nitriles is 1. The van der Waals surface area contributed by atoms with Gasteiger partial charge in [0.05, 0.1) is 0 Å². The Labute approximate surface area is 60.9 Å². The molecule has 0 saturated carbocycles. The molecule has 1 heteroatoms. The molecule has 0 N–H and O–H groups in total. The van der Waals surface area contributed by atoms with Gasteiger partial charge in [-0.1, -0.05) is 36.4 Å². The zero-order chi connectivity index (χ0) is 7.66. The van der Waals surface area contributed by atoms with Crippen molar-refractivity contribution < 1.29 is 0 Å². The van der Waals surface area contributed by atoms with Crippen LogP contribution in [0.4, 0.5) is 0 Å². The first-order valence-corrected chi connectivity index (χ1v) is 2.76. The number of nitrogens with zero attached hydrogens (tertiary/aromatic N) is 1. The normalized spacial score (nSPS) is 5.80. The third-order valence-corrected chi connectivity index (χ3v) is 0.731. The lowest BCUT2D eigenvalue weighted by Crippen LogP contribution is -1.47. The quantitative estimate of drug-likeness (QED) is 0.490. The van der Waals surface area contributed by atoms with Gasteiger partial charge in [-0.3, -0.25) is 0 Å². The molecule has 0 atom stereocenters. The summed E-state index contributed by atoms with van der Waals surface area (Å²) in [5.41, 5.74) is 0. The predicted octanol–water partition coefficient (Wildman–Crippen LogP) is 1.83. The molecule has 0 amide bonds. The van der Waals surface area contributed by atoms with Crippen molar-refractivity contribution in [1.82, 2.24) is 0 Å². The van der Waals surface area contributed by atoms with Crippen molar-refractivity contribution in [3.8, 4) is 18.4 Å². The lowest BCUT2D eigenvalue weighted by atomic mass is 10.4. The van der Waals surface area contributed by atoms with Crippen LogP contribution in [0.5, 0.6) is 0 Å². The molecule has 0 bridgehead atoms. The first-order valence-electron chi connectivity index (χ1n) is 2.76. The molecule has 1 aromatic rings. The summed E-state index contributed by atoms with van der Waals surface area (Å²) in [6.45, 7) is 0. The van der Waals surface area contributed by atoms with Crippen molar-refractivity contribution in [2.75, 3.05) is 0 Å². The van der Waals surface area contributed by atoms with Crippen molar-refractivity contribution in [1.29, 1.82) is 5.26 Å². The minimum atomic E-state index is 1.46. The van der Waals surface area contributed by atoms with E-state index in [2.05, 4.69) is 6.42 Å². The molecule has 48 valence electrons. The summed E-state index contributed by atoms with van der Waals surface area (Å²) >= 11 is 0. The van der Waals surface area contributed by atoms with Crippen molar-refractivity contribution in [2.45, 2.75) is 0 Å². The summed E-state index contributed by atoms with van der Waals surface area (Å²) in [5.74, 6) is 1.74. The van der Waals surface area contributed by atoms with Gasteiger partial charge in [-0.25, -0.2) is 0 Å². The average Bonchev–Trinajstić information content (AvgIpc) is 2.08. The topological polar surface area (TPSA) is 23.8 Å². The highest BCUT2D eigenvalue weighted by molar-refractivity contribution is 5.08. The molecule has 0 heterocycles. The summed E-state index contributed by atoms with van der Waals surface area (Å²) in [7, 11) is 0. The standard InChI is InChI=1S/C6H6.C3HN/c1-2-4-6-5-3-1;1-2-3-4/h1-6H;1H. The molecule has 10 heavy (non-hydrogen) atoms. The van der Waals surface area contributed by atoms with Crippen LogP contribution in [0.15, 0.2) is 36.4 Å². The molecule has 1 aromatic carbocycles. The lowest BCUT2D eigenvalue weighted by Gasteiger charge is -1.69. The van der Waals surface area contributed by atoms with Gasteiger partial charge in [-0.15, -0.1) is 6.42 Å². The maximum atomic E-state index is 7.39. The number of benzene rings is 1. The first-order chi connectivity index (χ1) is 4.91. The minimum Gasteiger partial charge on any atom is -0.183 e. The van der Waals surface area contributed by atoms with Crippen molar-refractivity contribution in [2.24, 2.45) is 0 Å². The van der Waals surface area contributed by atoms with Crippen LogP contribution in [-0.4, -0.2) is 0 Å². The van der Waals surface area contributed by atoms with E-state index in [1.165, 1.54) is 6.07 Å². The Morgan fingerprint density at radius 2 is 1.10 bits per heavy atom. The fraction of sp³-hybridized carbons (Fsp3) is 0. The Morgan fingerprint density at radius 3 is 1.20 bits per heavy atom. The fourth-order valence-electron chi connectivity index (χ4n) is 0.385. The van der Waals surface area contributed by atoms with E-state index in [0.717, 1.165) is 0 Å². The summed E-state index contributed by atoms with van der Waals surface area (Å²) in [6, 6.07) is 13.5. The van der Waals surface area contributed by atoms with E-state index >= 15 is 0 Å².